The van der Waals surface area contributed by atoms with E-state index < -0.39 is 12.1 Å². The Morgan fingerprint density at radius 2 is 1.90 bits per heavy atom. The maximum atomic E-state index is 12.8. The molecule has 6 nitrogen and oxygen atoms in total. The van der Waals surface area contributed by atoms with Crippen molar-refractivity contribution in [3.05, 3.63) is 59.7 Å². The molecule has 0 N–H and O–H groups in total. The van der Waals surface area contributed by atoms with Gasteiger partial charge < -0.3 is 14.4 Å². The summed E-state index contributed by atoms with van der Waals surface area (Å²) in [6.45, 7) is 1.49. The molecule has 0 heterocycles. The molecule has 1 atom stereocenters. The molecule has 3 rings (SSSR count). The number of amides is 1. The second-order valence-electron chi connectivity index (χ2n) is 6.94. The normalized spacial score (nSPS) is 13.1. The summed E-state index contributed by atoms with van der Waals surface area (Å²) in [7, 11) is 0. The number of anilines is 1. The minimum atomic E-state index is -0.981. The van der Waals surface area contributed by atoms with Crippen molar-refractivity contribution in [2.45, 2.75) is 38.7 Å². The highest BCUT2D eigenvalue weighted by atomic mass is 16.6. The summed E-state index contributed by atoms with van der Waals surface area (Å²) in [4.78, 5) is 26.4. The van der Waals surface area contributed by atoms with Crippen molar-refractivity contribution in [3.8, 4) is 11.8 Å². The van der Waals surface area contributed by atoms with Crippen LogP contribution in [0.4, 0.5) is 5.69 Å². The first-order valence-electron chi connectivity index (χ1n) is 9.76. The Morgan fingerprint density at radius 3 is 2.66 bits per heavy atom. The van der Waals surface area contributed by atoms with E-state index in [0.29, 0.717) is 11.4 Å². The van der Waals surface area contributed by atoms with Crippen LogP contribution >= 0.6 is 0 Å². The van der Waals surface area contributed by atoms with Crippen molar-refractivity contribution in [1.29, 1.82) is 5.26 Å². The van der Waals surface area contributed by atoms with E-state index in [2.05, 4.69) is 0 Å². The molecule has 0 fully saturated rings. The molecular weight excluding hydrogens is 368 g/mol. The monoisotopic (exact) mass is 392 g/mol. The van der Waals surface area contributed by atoms with Crippen LogP contribution in [0.5, 0.6) is 5.75 Å². The number of aryl methyl sites for hydroxylation is 2. The van der Waals surface area contributed by atoms with Gasteiger partial charge in [0.1, 0.15) is 5.75 Å². The third kappa shape index (κ3) is 5.35. The number of benzene rings is 2. The molecule has 0 spiro atoms. The van der Waals surface area contributed by atoms with E-state index in [0.717, 1.165) is 19.3 Å². The highest BCUT2D eigenvalue weighted by Gasteiger charge is 2.25. The number of fused-ring (bicyclic) bond motifs is 1. The fraction of sp³-hybridized carbons (Fsp3) is 0.348. The molecule has 0 bridgehead atoms. The Morgan fingerprint density at radius 1 is 1.14 bits per heavy atom. The molecule has 0 saturated carbocycles. The summed E-state index contributed by atoms with van der Waals surface area (Å²) < 4.78 is 10.8. The van der Waals surface area contributed by atoms with Crippen molar-refractivity contribution >= 4 is 17.6 Å². The second-order valence-corrected chi connectivity index (χ2v) is 6.94. The number of rotatable bonds is 8. The van der Waals surface area contributed by atoms with Gasteiger partial charge in [-0.05, 0) is 61.6 Å². The molecule has 1 amide bonds. The van der Waals surface area contributed by atoms with Crippen LogP contribution in [0, 0.1) is 11.3 Å². The summed E-state index contributed by atoms with van der Waals surface area (Å²) in [6, 6.07) is 16.9. The van der Waals surface area contributed by atoms with Crippen LogP contribution in [0.15, 0.2) is 48.5 Å². The summed E-state index contributed by atoms with van der Waals surface area (Å²) in [5, 5.41) is 8.87. The number of ether oxygens (including phenoxy) is 2. The predicted molar refractivity (Wildman–Crippen MR) is 109 cm³/mol. The average molecular weight is 392 g/mol. The smallest absolute Gasteiger partial charge is 0.344 e. The molecular formula is C23H24N2O4. The number of esters is 1. The predicted octanol–water partition coefficient (Wildman–Crippen LogP) is 3.43. The Labute approximate surface area is 170 Å². The van der Waals surface area contributed by atoms with Crippen LogP contribution in [-0.2, 0) is 27.2 Å². The summed E-state index contributed by atoms with van der Waals surface area (Å²) >= 11 is 0. The van der Waals surface area contributed by atoms with E-state index in [1.807, 2.05) is 42.5 Å². The van der Waals surface area contributed by atoms with Gasteiger partial charge in [0.05, 0.1) is 12.5 Å². The minimum Gasteiger partial charge on any atom is -0.482 e. The van der Waals surface area contributed by atoms with Crippen molar-refractivity contribution in [3.63, 3.8) is 0 Å². The van der Waals surface area contributed by atoms with Crippen LogP contribution in [-0.4, -0.2) is 31.1 Å². The van der Waals surface area contributed by atoms with Gasteiger partial charge in [-0.15, -0.1) is 0 Å². The van der Waals surface area contributed by atoms with Crippen molar-refractivity contribution in [2.24, 2.45) is 0 Å². The van der Waals surface area contributed by atoms with Crippen LogP contribution in [0.1, 0.15) is 30.9 Å². The molecule has 150 valence electrons. The fourth-order valence-corrected chi connectivity index (χ4v) is 3.42. The highest BCUT2D eigenvalue weighted by molar-refractivity contribution is 5.97. The van der Waals surface area contributed by atoms with Gasteiger partial charge in [0.15, 0.2) is 12.7 Å². The van der Waals surface area contributed by atoms with Gasteiger partial charge in [-0.2, -0.15) is 5.26 Å². The molecule has 1 aliphatic carbocycles. The molecule has 2 aromatic rings. The highest BCUT2D eigenvalue weighted by Crippen LogP contribution is 2.26. The largest absolute Gasteiger partial charge is 0.482 e. The molecule has 29 heavy (non-hydrogen) atoms. The number of nitrogens with zero attached hydrogens (tertiary/aromatic N) is 2. The lowest BCUT2D eigenvalue weighted by Crippen LogP contribution is -2.41. The van der Waals surface area contributed by atoms with Gasteiger partial charge >= 0.3 is 5.97 Å². The molecule has 0 aromatic heterocycles. The lowest BCUT2D eigenvalue weighted by molar-refractivity contribution is -0.155. The first kappa shape index (κ1) is 20.4. The number of nitriles is 1. The Kier molecular flexibility index (Phi) is 6.85. The van der Waals surface area contributed by atoms with E-state index >= 15 is 0 Å². The van der Waals surface area contributed by atoms with E-state index in [1.54, 1.807) is 12.1 Å². The SMILES string of the molecule is C[C@@H](OC(=O)COc1ccc2c(c1)CCC2)C(=O)N(CCC#N)c1ccccc1. The molecule has 1 aliphatic rings. The average Bonchev–Trinajstić information content (AvgIpc) is 3.21. The first-order valence-corrected chi connectivity index (χ1v) is 9.76. The molecule has 0 unspecified atom stereocenters. The number of carbonyl (C=O) groups excluding carboxylic acids is 2. The molecule has 0 radical (unpaired) electrons. The van der Waals surface area contributed by atoms with Crippen molar-refractivity contribution < 1.29 is 19.1 Å². The van der Waals surface area contributed by atoms with Gasteiger partial charge in [0.25, 0.3) is 5.91 Å². The lowest BCUT2D eigenvalue weighted by atomic mass is 10.1. The maximum absolute atomic E-state index is 12.8. The standard InChI is InChI=1S/C23H24N2O4/c1-17(23(27)25(14-6-13-24)20-9-3-2-4-10-20)29-22(26)16-28-21-12-11-18-7-5-8-19(18)15-21/h2-4,9-12,15,17H,5-8,14,16H2,1H3/t17-/m1/s1. The third-order valence-electron chi connectivity index (χ3n) is 4.86. The Bertz CT molecular complexity index is 905. The zero-order valence-corrected chi connectivity index (χ0v) is 16.5. The second kappa shape index (κ2) is 9.74. The minimum absolute atomic E-state index is 0.183. The van der Waals surface area contributed by atoms with Gasteiger partial charge in [0, 0.05) is 12.2 Å². The number of para-hydroxylation sites is 1. The zero-order valence-electron chi connectivity index (χ0n) is 16.5. The van der Waals surface area contributed by atoms with Crippen LogP contribution < -0.4 is 9.64 Å². The number of carbonyl (C=O) groups is 2. The van der Waals surface area contributed by atoms with Gasteiger partial charge in [0.2, 0.25) is 0 Å². The maximum Gasteiger partial charge on any atom is 0.344 e. The Balaban J connectivity index is 1.56. The number of hydrogen-bond acceptors (Lipinski definition) is 5. The van der Waals surface area contributed by atoms with E-state index in [4.69, 9.17) is 14.7 Å². The fourth-order valence-electron chi connectivity index (χ4n) is 3.42. The summed E-state index contributed by atoms with van der Waals surface area (Å²) in [5.41, 5.74) is 3.25. The quantitative estimate of drug-likeness (QED) is 0.643. The van der Waals surface area contributed by atoms with Crippen molar-refractivity contribution in [1.82, 2.24) is 0 Å². The topological polar surface area (TPSA) is 79.6 Å². The lowest BCUT2D eigenvalue weighted by Gasteiger charge is -2.25. The van der Waals surface area contributed by atoms with Crippen LogP contribution in [0.3, 0.4) is 0 Å². The summed E-state index contributed by atoms with van der Waals surface area (Å²) in [6.07, 6.45) is 2.46. The van der Waals surface area contributed by atoms with Crippen LogP contribution in [0.2, 0.25) is 0 Å². The molecule has 0 saturated heterocycles. The van der Waals surface area contributed by atoms with Gasteiger partial charge in [-0.25, -0.2) is 4.79 Å². The van der Waals surface area contributed by atoms with Crippen molar-refractivity contribution in [2.75, 3.05) is 18.1 Å². The summed E-state index contributed by atoms with van der Waals surface area (Å²) in [5.74, 6) is -0.363. The zero-order chi connectivity index (χ0) is 20.6. The van der Waals surface area contributed by atoms with Gasteiger partial charge in [-0.1, -0.05) is 24.3 Å². The first-order chi connectivity index (χ1) is 14.1. The van der Waals surface area contributed by atoms with Gasteiger partial charge in [-0.3, -0.25) is 4.79 Å². The van der Waals surface area contributed by atoms with Crippen LogP contribution in [0.25, 0.3) is 0 Å². The molecule has 2 aromatic carbocycles. The molecule has 6 heteroatoms. The van der Waals surface area contributed by atoms with E-state index in [9.17, 15) is 9.59 Å². The third-order valence-corrected chi connectivity index (χ3v) is 4.86. The number of hydrogen-bond donors (Lipinski definition) is 0. The Hall–Kier alpha value is -3.33. The van der Waals surface area contributed by atoms with E-state index in [-0.39, 0.29) is 25.5 Å². The molecule has 0 aliphatic heterocycles. The van der Waals surface area contributed by atoms with E-state index in [1.165, 1.54) is 23.0 Å².